The number of nitrogen functional groups attached to an aromatic ring is 3. The average Bonchev–Trinajstić information content (AvgIpc) is 1.61. The molecule has 6 aromatic carbocycles. The van der Waals surface area contributed by atoms with Crippen molar-refractivity contribution >= 4 is 68.3 Å². The number of carbonyl (C=O) groups is 3. The van der Waals surface area contributed by atoms with E-state index in [1.165, 1.54) is 44.7 Å². The number of likely N-dealkylation sites (N-methyl/N-ethyl adjacent to an activating group) is 2. The number of piperidine rings is 4. The number of hydrogen-bond acceptors (Lipinski definition) is 24. The van der Waals surface area contributed by atoms with Crippen LogP contribution in [0.5, 0.6) is 34.5 Å². The average molecular weight is 1700 g/mol. The molecule has 6 aromatic heterocycles. The number of amides is 3. The Morgan fingerprint density at radius 2 is 0.690 bits per heavy atom. The SMILES string of the molecule is CN1CCC(N(C)C/C=C/C(=O)N2CCC[C@@H](n3nc(-c4ccc(Oc5ccccc5)cc4)c4c(N)ncnc43)C2)CC1.CN1CCC(N(C)C/C=C/C(=O)N2CC[C@@H](n3nc(-c4ccc(Oc5ccccc5)cc4)c4c(N)ncnc43)C2)CC1.CN1CCC(NC/C=C/C(=O)N2CC[C@@H](n3nc(-c4ccc(Oc5ccccc5)cc4)c4c(N)ncnc43)C2)CC1. The van der Waals surface area contributed by atoms with E-state index in [9.17, 15) is 14.4 Å². The minimum Gasteiger partial charge on any atom is -0.457 e. The van der Waals surface area contributed by atoms with E-state index in [0.717, 1.165) is 171 Å². The first-order valence-corrected chi connectivity index (χ1v) is 44.0. The zero-order valence-electron chi connectivity index (χ0n) is 72.6. The van der Waals surface area contributed by atoms with E-state index in [1.54, 1.807) is 18.2 Å². The molecule has 30 heteroatoms. The van der Waals surface area contributed by atoms with Crippen LogP contribution in [-0.2, 0) is 14.4 Å². The van der Waals surface area contributed by atoms with Gasteiger partial charge in [0.2, 0.25) is 17.7 Å². The predicted molar refractivity (Wildman–Crippen MR) is 493 cm³/mol. The Morgan fingerprint density at radius 1 is 0.381 bits per heavy atom. The molecule has 0 spiro atoms. The van der Waals surface area contributed by atoms with E-state index < -0.39 is 0 Å². The third kappa shape index (κ3) is 21.2. The Hall–Kier alpha value is -12.8. The van der Waals surface area contributed by atoms with Gasteiger partial charge in [-0.15, -0.1) is 0 Å². The van der Waals surface area contributed by atoms with Gasteiger partial charge in [-0.05, 0) is 248 Å². The molecule has 12 heterocycles. The number of nitrogens with one attached hydrogen (secondary N) is 1. The number of anilines is 3. The molecular weight excluding hydrogens is 1590 g/mol. The highest BCUT2D eigenvalue weighted by Gasteiger charge is 2.35. The fourth-order valence-electron chi connectivity index (χ4n) is 17.6. The lowest BCUT2D eigenvalue weighted by atomic mass is 10.0. The van der Waals surface area contributed by atoms with E-state index >= 15 is 0 Å². The molecule has 6 aliphatic rings. The molecule has 0 saturated carbocycles. The van der Waals surface area contributed by atoms with Crippen LogP contribution in [0.25, 0.3) is 66.9 Å². The van der Waals surface area contributed by atoms with Crippen molar-refractivity contribution in [3.63, 3.8) is 0 Å². The van der Waals surface area contributed by atoms with Crippen molar-refractivity contribution < 1.29 is 28.6 Å². The van der Waals surface area contributed by atoms with Crippen molar-refractivity contribution in [2.24, 2.45) is 0 Å². The second-order valence-electron chi connectivity index (χ2n) is 33.7. The summed E-state index contributed by atoms with van der Waals surface area (Å²) < 4.78 is 23.6. The number of ether oxygens (including phenoxy) is 3. The van der Waals surface area contributed by atoms with Gasteiger partial charge in [-0.1, -0.05) is 72.8 Å². The highest BCUT2D eigenvalue weighted by atomic mass is 16.5. The number of hydrogen-bond donors (Lipinski definition) is 4. The molecule has 6 saturated heterocycles. The maximum Gasteiger partial charge on any atom is 0.246 e. The van der Waals surface area contributed by atoms with Gasteiger partial charge in [-0.3, -0.25) is 24.2 Å². The quantitative estimate of drug-likeness (QED) is 0.0408. The summed E-state index contributed by atoms with van der Waals surface area (Å²) in [7, 11) is 10.8. The van der Waals surface area contributed by atoms with Gasteiger partial charge in [0.1, 0.15) is 88.0 Å². The Morgan fingerprint density at radius 3 is 1.04 bits per heavy atom. The lowest BCUT2D eigenvalue weighted by molar-refractivity contribution is -0.128. The van der Waals surface area contributed by atoms with Crippen molar-refractivity contribution in [3.8, 4) is 68.3 Å². The number of aromatic nitrogens is 12. The fraction of sp³-hybridized carbons (Fsp3) is 0.375. The predicted octanol–water partition coefficient (Wildman–Crippen LogP) is 12.7. The fourth-order valence-corrected chi connectivity index (χ4v) is 17.6. The van der Waals surface area contributed by atoms with Crippen molar-refractivity contribution in [3.05, 3.63) is 219 Å². The summed E-state index contributed by atoms with van der Waals surface area (Å²) in [5, 5.41) is 20.7. The monoisotopic (exact) mass is 1700 g/mol. The van der Waals surface area contributed by atoms with E-state index in [2.05, 4.69) is 95.0 Å². The molecule has 0 bridgehead atoms. The summed E-state index contributed by atoms with van der Waals surface area (Å²) in [5.41, 5.74) is 25.9. The van der Waals surface area contributed by atoms with Crippen LogP contribution in [0, 0.1) is 0 Å². The maximum atomic E-state index is 13.2. The van der Waals surface area contributed by atoms with Gasteiger partial charge in [0.15, 0.2) is 16.9 Å². The maximum absolute atomic E-state index is 13.2. The zero-order valence-corrected chi connectivity index (χ0v) is 72.6. The molecule has 7 N–H and O–H groups in total. The van der Waals surface area contributed by atoms with Gasteiger partial charge < -0.3 is 66.1 Å². The van der Waals surface area contributed by atoms with Gasteiger partial charge >= 0.3 is 0 Å². The molecule has 30 nitrogen and oxygen atoms in total. The Kier molecular flexibility index (Phi) is 28.1. The lowest BCUT2D eigenvalue weighted by Gasteiger charge is -2.34. The van der Waals surface area contributed by atoms with Crippen molar-refractivity contribution in [2.75, 3.05) is 151 Å². The molecule has 18 rings (SSSR count). The van der Waals surface area contributed by atoms with Crippen LogP contribution in [0.2, 0.25) is 0 Å². The topological polar surface area (TPSA) is 326 Å². The Bertz CT molecular complexity index is 5730. The standard InChI is InChI=1S/C33H40N8O2.C32H38N8O2.C31H36N8O2/c1-38-20-16-25(17-21-38)39(2)18-7-11-29(42)40-19-6-8-26(22-40)41-33-30(32(34)35-23-36-33)31(37-41)24-12-14-28(15-13-24)43-27-9-4-3-5-10-27;1-37-18-14-24(15-19-37)38(2)17-6-9-28(41)39-20-16-25(21-39)40-32-29(31(33)34-22-35-32)30(36-40)23-10-12-27(13-11-23)42-26-7-4-3-5-8-26;1-37-17-13-23(14-18-37)33-16-5-8-27(40)38-19-15-24(20-38)39-31-28(30(32)34-21-35-31)29(36-39)22-9-11-26(12-10-22)41-25-6-3-2-4-7-25/h3-5,7,9-15,23,25-26H,6,8,16-22H2,1-2H3,(H2,34,35,36);3-13,22,24-25H,14-21H2,1-2H3,(H2,33,34,35);2-12,21,23-24,33H,13-20H2,1H3,(H2,32,34,35)/b11-7+;9-6+;8-5+/t26-;25-;24-/m111/s1. The Balaban J connectivity index is 0.000000139. The third-order valence-electron chi connectivity index (χ3n) is 25.0. The summed E-state index contributed by atoms with van der Waals surface area (Å²) in [6, 6.07) is 54.0. The van der Waals surface area contributed by atoms with Crippen molar-refractivity contribution in [1.29, 1.82) is 0 Å². The number of benzene rings is 6. The molecule has 6 fully saturated rings. The second-order valence-corrected chi connectivity index (χ2v) is 33.7. The first kappa shape index (κ1) is 86.7. The number of nitrogens with zero attached hydrogens (tertiary/aromatic N) is 20. The molecule has 6 aliphatic heterocycles. The molecule has 654 valence electrons. The van der Waals surface area contributed by atoms with Crippen LogP contribution in [0.15, 0.2) is 219 Å². The first-order chi connectivity index (χ1) is 61.5. The second kappa shape index (κ2) is 40.9. The highest BCUT2D eigenvalue weighted by molar-refractivity contribution is 6.01. The van der Waals surface area contributed by atoms with Gasteiger partial charge in [-0.2, -0.15) is 15.3 Å². The molecular formula is C96H114N24O6. The van der Waals surface area contributed by atoms with Crippen molar-refractivity contribution in [1.82, 2.24) is 104 Å². The molecule has 0 radical (unpaired) electrons. The van der Waals surface area contributed by atoms with E-state index in [-0.39, 0.29) is 35.8 Å². The van der Waals surface area contributed by atoms with Crippen LogP contribution < -0.4 is 36.7 Å². The normalized spacial score (nSPS) is 18.5. The number of nitrogens with two attached hydrogens (primary N) is 3. The van der Waals surface area contributed by atoms with Gasteiger partial charge in [-0.25, -0.2) is 43.9 Å². The first-order valence-electron chi connectivity index (χ1n) is 44.0. The van der Waals surface area contributed by atoms with Crippen LogP contribution >= 0.6 is 0 Å². The minimum absolute atomic E-state index is 0.00376. The molecule has 12 aromatic rings. The minimum atomic E-state index is -0.0146. The summed E-state index contributed by atoms with van der Waals surface area (Å²) >= 11 is 0. The number of rotatable bonds is 24. The molecule has 3 amide bonds. The number of para-hydroxylation sites is 3. The largest absolute Gasteiger partial charge is 0.457 e. The summed E-state index contributed by atoms with van der Waals surface area (Å²) in [5.74, 6) is 5.77. The van der Waals surface area contributed by atoms with Crippen LogP contribution in [0.4, 0.5) is 17.5 Å². The summed E-state index contributed by atoms with van der Waals surface area (Å²) in [6.45, 7) is 12.8. The van der Waals surface area contributed by atoms with Gasteiger partial charge in [0.25, 0.3) is 0 Å². The number of likely N-dealkylation sites (tertiary alicyclic amines) is 6. The van der Waals surface area contributed by atoms with Crippen LogP contribution in [-0.4, -0.2) is 268 Å². The summed E-state index contributed by atoms with van der Waals surface area (Å²) in [6.07, 6.45) is 25.8. The zero-order chi connectivity index (χ0) is 87.0. The Labute approximate surface area is 735 Å². The van der Waals surface area contributed by atoms with E-state index in [4.69, 9.17) is 46.7 Å². The van der Waals surface area contributed by atoms with E-state index in [1.807, 2.05) is 211 Å². The number of fused-ring (bicyclic) bond motifs is 3. The molecule has 3 atom stereocenters. The van der Waals surface area contributed by atoms with E-state index in [0.29, 0.717) is 103 Å². The third-order valence-corrected chi connectivity index (χ3v) is 25.0. The smallest absolute Gasteiger partial charge is 0.246 e. The van der Waals surface area contributed by atoms with Crippen molar-refractivity contribution in [2.45, 2.75) is 100 Å². The van der Waals surface area contributed by atoms with Crippen LogP contribution in [0.3, 0.4) is 0 Å². The molecule has 0 unspecified atom stereocenters. The molecule has 126 heavy (non-hydrogen) atoms. The lowest BCUT2D eigenvalue weighted by Crippen LogP contribution is -2.42. The van der Waals surface area contributed by atoms with Gasteiger partial charge in [0.05, 0.1) is 34.3 Å². The highest BCUT2D eigenvalue weighted by Crippen LogP contribution is 2.40. The number of carbonyl (C=O) groups excluding carboxylic acids is 3. The van der Waals surface area contributed by atoms with Crippen LogP contribution in [0.1, 0.15) is 82.3 Å². The summed E-state index contributed by atoms with van der Waals surface area (Å²) in [4.78, 5) is 83.1. The van der Waals surface area contributed by atoms with Gasteiger partial charge in [0, 0.05) is 112 Å². The molecule has 0 aliphatic carbocycles.